The SMILES string of the molecule is O=P(O)(O)O.[CH2]CCCCCN. The first-order valence-corrected chi connectivity index (χ1v) is 5.26. The molecule has 0 bridgehead atoms. The van der Waals surface area contributed by atoms with E-state index in [-0.39, 0.29) is 0 Å². The molecule has 0 aliphatic heterocycles. The molecule has 5 nitrogen and oxygen atoms in total. The van der Waals surface area contributed by atoms with Gasteiger partial charge in [-0.25, -0.2) is 4.57 Å². The van der Waals surface area contributed by atoms with Gasteiger partial charge < -0.3 is 20.4 Å². The smallest absolute Gasteiger partial charge is 0.330 e. The van der Waals surface area contributed by atoms with Crippen molar-refractivity contribution in [2.45, 2.75) is 25.7 Å². The van der Waals surface area contributed by atoms with Crippen LogP contribution in [0.1, 0.15) is 25.7 Å². The molecule has 0 aromatic rings. The normalized spacial score (nSPS) is 10.4. The largest absolute Gasteiger partial charge is 0.466 e. The molecule has 12 heavy (non-hydrogen) atoms. The summed E-state index contributed by atoms with van der Waals surface area (Å²) in [4.78, 5) is 21.6. The third kappa shape index (κ3) is 50.0. The highest BCUT2D eigenvalue weighted by Gasteiger charge is 2.00. The van der Waals surface area contributed by atoms with Gasteiger partial charge in [0.05, 0.1) is 0 Å². The maximum Gasteiger partial charge on any atom is 0.466 e. The van der Waals surface area contributed by atoms with Gasteiger partial charge in [-0.05, 0) is 13.0 Å². The van der Waals surface area contributed by atoms with Gasteiger partial charge in [0.25, 0.3) is 0 Å². The van der Waals surface area contributed by atoms with Gasteiger partial charge in [-0.3, -0.25) is 0 Å². The first-order valence-electron chi connectivity index (χ1n) is 3.69. The van der Waals surface area contributed by atoms with Gasteiger partial charge in [-0.1, -0.05) is 26.2 Å². The number of phosphoric acid groups is 1. The van der Waals surface area contributed by atoms with Crippen molar-refractivity contribution < 1.29 is 19.2 Å². The zero-order chi connectivity index (χ0) is 10.0. The van der Waals surface area contributed by atoms with Gasteiger partial charge in [0.1, 0.15) is 0 Å². The summed E-state index contributed by atoms with van der Waals surface area (Å²) >= 11 is 0. The molecule has 0 amide bonds. The second kappa shape index (κ2) is 9.16. The van der Waals surface area contributed by atoms with Crippen molar-refractivity contribution in [3.63, 3.8) is 0 Å². The standard InChI is InChI=1S/C6H14N.H3O4P/c1-2-3-4-5-6-7;1-5(2,3)4/h1-7H2;(H3,1,2,3,4). The molecule has 0 saturated carbocycles. The molecule has 0 aliphatic carbocycles. The van der Waals surface area contributed by atoms with E-state index in [0.717, 1.165) is 19.4 Å². The predicted octanol–water partition coefficient (Wildman–Crippen LogP) is 0.411. The summed E-state index contributed by atoms with van der Waals surface area (Å²) in [5.74, 6) is 0. The summed E-state index contributed by atoms with van der Waals surface area (Å²) in [7, 11) is -4.64. The molecule has 0 aromatic carbocycles. The molecular formula is C6H17NO4P. The average Bonchev–Trinajstić information content (AvgIpc) is 1.85. The molecule has 0 rings (SSSR count). The highest BCUT2D eigenvalue weighted by atomic mass is 31.2. The van der Waals surface area contributed by atoms with E-state index in [1.165, 1.54) is 12.8 Å². The van der Waals surface area contributed by atoms with Crippen LogP contribution in [0.4, 0.5) is 0 Å². The predicted molar refractivity (Wildman–Crippen MR) is 47.1 cm³/mol. The molecule has 5 N–H and O–H groups in total. The lowest BCUT2D eigenvalue weighted by Gasteiger charge is -1.90. The molecule has 0 heterocycles. The van der Waals surface area contributed by atoms with Crippen LogP contribution >= 0.6 is 7.82 Å². The number of hydrogen-bond acceptors (Lipinski definition) is 2. The van der Waals surface area contributed by atoms with E-state index >= 15 is 0 Å². The summed E-state index contributed by atoms with van der Waals surface area (Å²) in [5, 5.41) is 0. The second-order valence-electron chi connectivity index (χ2n) is 2.22. The zero-order valence-electron chi connectivity index (χ0n) is 7.02. The van der Waals surface area contributed by atoms with Gasteiger partial charge in [0, 0.05) is 0 Å². The van der Waals surface area contributed by atoms with Crippen molar-refractivity contribution >= 4 is 7.82 Å². The fraction of sp³-hybridized carbons (Fsp3) is 0.833. The average molecular weight is 198 g/mol. The third-order valence-corrected chi connectivity index (χ3v) is 0.954. The van der Waals surface area contributed by atoms with Crippen LogP contribution in [0.15, 0.2) is 0 Å². The van der Waals surface area contributed by atoms with E-state index in [2.05, 4.69) is 6.92 Å². The second-order valence-corrected chi connectivity index (χ2v) is 3.24. The van der Waals surface area contributed by atoms with Crippen molar-refractivity contribution in [1.82, 2.24) is 0 Å². The lowest BCUT2D eigenvalue weighted by atomic mass is 10.2. The van der Waals surface area contributed by atoms with Gasteiger partial charge >= 0.3 is 7.82 Å². The Morgan fingerprint density at radius 2 is 1.58 bits per heavy atom. The quantitative estimate of drug-likeness (QED) is 0.387. The lowest BCUT2D eigenvalue weighted by Crippen LogP contribution is -1.97. The minimum atomic E-state index is -4.64. The van der Waals surface area contributed by atoms with Crippen LogP contribution in [0.5, 0.6) is 0 Å². The van der Waals surface area contributed by atoms with Gasteiger partial charge in [0.2, 0.25) is 0 Å². The highest BCUT2D eigenvalue weighted by molar-refractivity contribution is 7.45. The molecule has 0 atom stereocenters. The topological polar surface area (TPSA) is 104 Å². The Hall–Kier alpha value is 0.0700. The van der Waals surface area contributed by atoms with Crippen LogP contribution in [0.25, 0.3) is 0 Å². The van der Waals surface area contributed by atoms with Crippen LogP contribution in [-0.4, -0.2) is 21.2 Å². The number of nitrogens with two attached hydrogens (primary N) is 1. The van der Waals surface area contributed by atoms with Gasteiger partial charge in [-0.15, -0.1) is 0 Å². The van der Waals surface area contributed by atoms with Crippen LogP contribution in [0, 0.1) is 6.92 Å². The maximum absolute atomic E-state index is 8.88. The Labute approximate surface area is 72.8 Å². The molecule has 6 heteroatoms. The Bertz CT molecular complexity index is 112. The van der Waals surface area contributed by atoms with Gasteiger partial charge in [0.15, 0.2) is 0 Å². The molecule has 0 aliphatic rings. The molecule has 0 aromatic heterocycles. The van der Waals surface area contributed by atoms with E-state index < -0.39 is 7.82 Å². The summed E-state index contributed by atoms with van der Waals surface area (Å²) in [6, 6.07) is 0. The fourth-order valence-electron chi connectivity index (χ4n) is 0.498. The summed E-state index contributed by atoms with van der Waals surface area (Å²) < 4.78 is 8.88. The van der Waals surface area contributed by atoms with Crippen LogP contribution in [0.3, 0.4) is 0 Å². The van der Waals surface area contributed by atoms with E-state index in [1.54, 1.807) is 0 Å². The lowest BCUT2D eigenvalue weighted by molar-refractivity contribution is 0.275. The van der Waals surface area contributed by atoms with Crippen LogP contribution in [-0.2, 0) is 4.57 Å². The first-order chi connectivity index (χ1) is 5.41. The minimum Gasteiger partial charge on any atom is -0.330 e. The molecule has 0 saturated heterocycles. The fourth-order valence-corrected chi connectivity index (χ4v) is 0.498. The number of rotatable bonds is 4. The first kappa shape index (κ1) is 14.6. The monoisotopic (exact) mass is 198 g/mol. The van der Waals surface area contributed by atoms with E-state index in [0.29, 0.717) is 0 Å². The molecule has 0 unspecified atom stereocenters. The van der Waals surface area contributed by atoms with Gasteiger partial charge in [-0.2, -0.15) is 0 Å². The summed E-state index contributed by atoms with van der Waals surface area (Å²) in [5.41, 5.74) is 5.25. The van der Waals surface area contributed by atoms with Crippen molar-refractivity contribution in [3.8, 4) is 0 Å². The van der Waals surface area contributed by atoms with Crippen molar-refractivity contribution in [2.24, 2.45) is 5.73 Å². The van der Waals surface area contributed by atoms with Crippen molar-refractivity contribution in [2.75, 3.05) is 6.54 Å². The minimum absolute atomic E-state index is 0.833. The van der Waals surface area contributed by atoms with Crippen molar-refractivity contribution in [1.29, 1.82) is 0 Å². The van der Waals surface area contributed by atoms with Crippen molar-refractivity contribution in [3.05, 3.63) is 6.92 Å². The molecule has 0 fully saturated rings. The molecule has 1 radical (unpaired) electrons. The zero-order valence-corrected chi connectivity index (χ0v) is 7.91. The number of hydrogen-bond donors (Lipinski definition) is 4. The Morgan fingerprint density at radius 3 is 1.83 bits per heavy atom. The summed E-state index contributed by atoms with van der Waals surface area (Å²) in [6.45, 7) is 4.55. The highest BCUT2D eigenvalue weighted by Crippen LogP contribution is 2.25. The number of unbranched alkanes of at least 4 members (excludes halogenated alkanes) is 3. The molecule has 0 spiro atoms. The van der Waals surface area contributed by atoms with E-state index in [9.17, 15) is 0 Å². The van der Waals surface area contributed by atoms with Crippen LogP contribution < -0.4 is 5.73 Å². The third-order valence-electron chi connectivity index (χ3n) is 0.954. The summed E-state index contributed by atoms with van der Waals surface area (Å²) in [6.07, 6.45) is 4.70. The Balaban J connectivity index is 0. The Morgan fingerprint density at radius 1 is 1.17 bits per heavy atom. The Kier molecular flexibility index (Phi) is 11.1. The molecular weight excluding hydrogens is 181 g/mol. The van der Waals surface area contributed by atoms with E-state index in [1.807, 2.05) is 0 Å². The maximum atomic E-state index is 8.88. The molecule has 75 valence electrons. The van der Waals surface area contributed by atoms with E-state index in [4.69, 9.17) is 25.0 Å². The van der Waals surface area contributed by atoms with Crippen LogP contribution in [0.2, 0.25) is 0 Å².